The monoisotopic (exact) mass is 172 g/mol. The van der Waals surface area contributed by atoms with Crippen molar-refractivity contribution >= 4 is 0 Å². The summed E-state index contributed by atoms with van der Waals surface area (Å²) in [6.07, 6.45) is 2.13. The van der Waals surface area contributed by atoms with Gasteiger partial charge in [-0.05, 0) is 5.92 Å². The third-order valence-corrected chi connectivity index (χ3v) is 1.93. The predicted molar refractivity (Wildman–Crippen MR) is 50.9 cm³/mol. The van der Waals surface area contributed by atoms with Crippen molar-refractivity contribution in [3.63, 3.8) is 0 Å². The molecule has 0 bridgehead atoms. The van der Waals surface area contributed by atoms with Gasteiger partial charge in [0.1, 0.15) is 6.79 Å². The maximum Gasteiger partial charge on any atom is 0.146 e. The molecule has 0 amide bonds. The van der Waals surface area contributed by atoms with Gasteiger partial charge in [0.2, 0.25) is 0 Å². The quantitative estimate of drug-likeness (QED) is 0.452. The normalized spacial score (nSPS) is 16.1. The van der Waals surface area contributed by atoms with Gasteiger partial charge in [0.05, 0.1) is 6.10 Å². The highest BCUT2D eigenvalue weighted by atomic mass is 16.7. The van der Waals surface area contributed by atoms with Crippen LogP contribution in [0, 0.1) is 11.8 Å². The lowest BCUT2D eigenvalue weighted by Gasteiger charge is -2.24. The van der Waals surface area contributed by atoms with E-state index in [0.717, 1.165) is 0 Å². The first-order chi connectivity index (χ1) is 5.63. The SMILES string of the molecule is C=C[C@@H](C)[C@@H](OCOC)C(C)C. The molecular formula is C10H20O2. The maximum absolute atomic E-state index is 5.51. The van der Waals surface area contributed by atoms with Crippen molar-refractivity contribution in [2.45, 2.75) is 26.9 Å². The van der Waals surface area contributed by atoms with Crippen LogP contribution in [0.4, 0.5) is 0 Å². The second-order valence-electron chi connectivity index (χ2n) is 3.38. The lowest BCUT2D eigenvalue weighted by atomic mass is 9.95. The Labute approximate surface area is 75.6 Å². The molecular weight excluding hydrogens is 152 g/mol. The summed E-state index contributed by atoms with van der Waals surface area (Å²) in [6, 6.07) is 0. The van der Waals surface area contributed by atoms with Gasteiger partial charge in [0, 0.05) is 13.0 Å². The van der Waals surface area contributed by atoms with Crippen LogP contribution in [-0.2, 0) is 9.47 Å². The zero-order valence-corrected chi connectivity index (χ0v) is 8.54. The van der Waals surface area contributed by atoms with Crippen LogP contribution in [-0.4, -0.2) is 20.0 Å². The van der Waals surface area contributed by atoms with E-state index in [0.29, 0.717) is 18.6 Å². The van der Waals surface area contributed by atoms with Crippen molar-refractivity contribution in [1.82, 2.24) is 0 Å². The van der Waals surface area contributed by atoms with Gasteiger partial charge in [0.15, 0.2) is 0 Å². The van der Waals surface area contributed by atoms with Crippen LogP contribution < -0.4 is 0 Å². The van der Waals surface area contributed by atoms with Crippen LogP contribution >= 0.6 is 0 Å². The molecule has 0 heterocycles. The summed E-state index contributed by atoms with van der Waals surface area (Å²) < 4.78 is 10.4. The summed E-state index contributed by atoms with van der Waals surface area (Å²) in [5, 5.41) is 0. The van der Waals surface area contributed by atoms with Gasteiger partial charge in [-0.3, -0.25) is 0 Å². The molecule has 0 N–H and O–H groups in total. The van der Waals surface area contributed by atoms with Crippen molar-refractivity contribution in [3.05, 3.63) is 12.7 Å². The van der Waals surface area contributed by atoms with Crippen LogP contribution in [0.3, 0.4) is 0 Å². The minimum Gasteiger partial charge on any atom is -0.359 e. The summed E-state index contributed by atoms with van der Waals surface area (Å²) in [4.78, 5) is 0. The molecule has 2 heteroatoms. The Morgan fingerprint density at radius 3 is 2.25 bits per heavy atom. The van der Waals surface area contributed by atoms with Crippen molar-refractivity contribution in [2.24, 2.45) is 11.8 Å². The fourth-order valence-electron chi connectivity index (χ4n) is 1.23. The Kier molecular flexibility index (Phi) is 6.03. The van der Waals surface area contributed by atoms with Gasteiger partial charge >= 0.3 is 0 Å². The standard InChI is InChI=1S/C10H20O2/c1-6-9(4)10(8(2)3)12-7-11-5/h6,8-10H,1,7H2,2-5H3/t9-,10+/m1/s1. The molecule has 0 aromatic heterocycles. The van der Waals surface area contributed by atoms with Gasteiger partial charge in [0.25, 0.3) is 0 Å². The van der Waals surface area contributed by atoms with E-state index in [4.69, 9.17) is 9.47 Å². The molecule has 12 heavy (non-hydrogen) atoms. The van der Waals surface area contributed by atoms with Crippen molar-refractivity contribution in [2.75, 3.05) is 13.9 Å². The number of ether oxygens (including phenoxy) is 2. The number of hydrogen-bond acceptors (Lipinski definition) is 2. The number of hydrogen-bond donors (Lipinski definition) is 0. The molecule has 0 rings (SSSR count). The molecule has 2 nitrogen and oxygen atoms in total. The molecule has 0 fully saturated rings. The van der Waals surface area contributed by atoms with Gasteiger partial charge in [-0.15, -0.1) is 6.58 Å². The summed E-state index contributed by atoms with van der Waals surface area (Å²) in [7, 11) is 1.63. The van der Waals surface area contributed by atoms with E-state index >= 15 is 0 Å². The van der Waals surface area contributed by atoms with E-state index in [1.54, 1.807) is 7.11 Å². The van der Waals surface area contributed by atoms with Gasteiger partial charge < -0.3 is 9.47 Å². The second kappa shape index (κ2) is 6.21. The molecule has 0 radical (unpaired) electrons. The van der Waals surface area contributed by atoms with Gasteiger partial charge in [-0.2, -0.15) is 0 Å². The highest BCUT2D eigenvalue weighted by molar-refractivity contribution is 4.83. The Morgan fingerprint density at radius 2 is 1.92 bits per heavy atom. The van der Waals surface area contributed by atoms with E-state index in [2.05, 4.69) is 27.4 Å². The molecule has 0 unspecified atom stereocenters. The zero-order valence-electron chi connectivity index (χ0n) is 8.54. The Bertz CT molecular complexity index is 121. The van der Waals surface area contributed by atoms with Crippen molar-refractivity contribution in [3.8, 4) is 0 Å². The highest BCUT2D eigenvalue weighted by Crippen LogP contribution is 2.17. The Morgan fingerprint density at radius 1 is 1.33 bits per heavy atom. The molecule has 72 valence electrons. The molecule has 0 aliphatic heterocycles. The first-order valence-corrected chi connectivity index (χ1v) is 4.36. The van der Waals surface area contributed by atoms with E-state index in [1.165, 1.54) is 0 Å². The Hall–Kier alpha value is -0.340. The first kappa shape index (κ1) is 11.7. The van der Waals surface area contributed by atoms with Crippen LogP contribution in [0.25, 0.3) is 0 Å². The predicted octanol–water partition coefficient (Wildman–Crippen LogP) is 2.45. The summed E-state index contributed by atoms with van der Waals surface area (Å²) in [5.41, 5.74) is 0. The zero-order chi connectivity index (χ0) is 9.56. The smallest absolute Gasteiger partial charge is 0.146 e. The topological polar surface area (TPSA) is 18.5 Å². The molecule has 0 aromatic rings. The molecule has 0 saturated heterocycles. The van der Waals surface area contributed by atoms with Crippen LogP contribution in [0.5, 0.6) is 0 Å². The largest absolute Gasteiger partial charge is 0.359 e. The van der Waals surface area contributed by atoms with Gasteiger partial charge in [-0.1, -0.05) is 26.8 Å². The van der Waals surface area contributed by atoms with Crippen LogP contribution in [0.15, 0.2) is 12.7 Å². The van der Waals surface area contributed by atoms with Crippen LogP contribution in [0.2, 0.25) is 0 Å². The average molecular weight is 172 g/mol. The number of rotatable bonds is 6. The average Bonchev–Trinajstić information content (AvgIpc) is 2.04. The van der Waals surface area contributed by atoms with Crippen molar-refractivity contribution < 1.29 is 9.47 Å². The molecule has 0 aliphatic rings. The molecule has 0 aliphatic carbocycles. The fourth-order valence-corrected chi connectivity index (χ4v) is 1.23. The highest BCUT2D eigenvalue weighted by Gasteiger charge is 2.18. The lowest BCUT2D eigenvalue weighted by molar-refractivity contribution is -0.0985. The summed E-state index contributed by atoms with van der Waals surface area (Å²) in [6.45, 7) is 10.5. The minimum absolute atomic E-state index is 0.211. The van der Waals surface area contributed by atoms with E-state index in [1.807, 2.05) is 6.08 Å². The Balaban J connectivity index is 3.94. The first-order valence-electron chi connectivity index (χ1n) is 4.36. The summed E-state index contributed by atoms with van der Waals surface area (Å²) in [5.74, 6) is 0.869. The maximum atomic E-state index is 5.51. The molecule has 0 spiro atoms. The van der Waals surface area contributed by atoms with Crippen LogP contribution in [0.1, 0.15) is 20.8 Å². The number of methoxy groups -OCH3 is 1. The summed E-state index contributed by atoms with van der Waals surface area (Å²) >= 11 is 0. The minimum atomic E-state index is 0.211. The van der Waals surface area contributed by atoms with Crippen molar-refractivity contribution in [1.29, 1.82) is 0 Å². The fraction of sp³-hybridized carbons (Fsp3) is 0.800. The van der Waals surface area contributed by atoms with E-state index in [9.17, 15) is 0 Å². The van der Waals surface area contributed by atoms with Gasteiger partial charge in [-0.25, -0.2) is 0 Å². The molecule has 0 saturated carbocycles. The lowest BCUT2D eigenvalue weighted by Crippen LogP contribution is -2.27. The van der Waals surface area contributed by atoms with E-state index < -0.39 is 0 Å². The third kappa shape index (κ3) is 3.88. The third-order valence-electron chi connectivity index (χ3n) is 1.93. The van der Waals surface area contributed by atoms with E-state index in [-0.39, 0.29) is 6.10 Å². The molecule has 0 aromatic carbocycles. The molecule has 2 atom stereocenters. The second-order valence-corrected chi connectivity index (χ2v) is 3.38.